The smallest absolute Gasteiger partial charge is 0.0866 e. The fraction of sp³-hybridized carbons (Fsp3) is 0.529. The molecule has 0 unspecified atom stereocenters. The molecule has 3 nitrogen and oxygen atoms in total. The van der Waals surface area contributed by atoms with Crippen molar-refractivity contribution in [1.82, 2.24) is 5.01 Å². The summed E-state index contributed by atoms with van der Waals surface area (Å²) in [6, 6.07) is 8.95. The van der Waals surface area contributed by atoms with E-state index >= 15 is 0 Å². The molecule has 0 amide bonds. The SMILES string of the molecule is C#C.CCF.OCC1CC(N2CCN2c2ccc(S)cc2)C1. The van der Waals surface area contributed by atoms with Gasteiger partial charge in [-0.3, -0.25) is 4.39 Å². The number of benzene rings is 1. The first-order chi connectivity index (χ1) is 10.7. The van der Waals surface area contributed by atoms with Gasteiger partial charge in [0.05, 0.1) is 12.4 Å². The molecule has 1 aliphatic carbocycles. The number of terminal acetylenes is 1. The molecule has 0 bridgehead atoms. The van der Waals surface area contributed by atoms with Crippen LogP contribution in [0.1, 0.15) is 19.8 Å². The summed E-state index contributed by atoms with van der Waals surface area (Å²) in [7, 11) is 0. The normalized spacial score (nSPS) is 23.1. The van der Waals surface area contributed by atoms with Gasteiger partial charge in [0.25, 0.3) is 0 Å². The molecule has 3 rings (SSSR count). The Morgan fingerprint density at radius 1 is 1.23 bits per heavy atom. The molecule has 0 atom stereocenters. The van der Waals surface area contributed by atoms with E-state index in [4.69, 9.17) is 5.11 Å². The number of hydrogen-bond donors (Lipinski definition) is 2. The zero-order chi connectivity index (χ0) is 16.5. The first kappa shape index (κ1) is 18.8. The third-order valence-corrected chi connectivity index (χ3v) is 4.19. The van der Waals surface area contributed by atoms with Crippen molar-refractivity contribution < 1.29 is 9.50 Å². The Balaban J connectivity index is 0.000000435. The van der Waals surface area contributed by atoms with Crippen LogP contribution in [-0.4, -0.2) is 42.5 Å². The summed E-state index contributed by atoms with van der Waals surface area (Å²) in [5.74, 6) is 0.530. The highest BCUT2D eigenvalue weighted by molar-refractivity contribution is 7.80. The summed E-state index contributed by atoms with van der Waals surface area (Å²) in [4.78, 5) is 1.00. The number of nitrogens with zero attached hydrogens (tertiary/aromatic N) is 2. The first-order valence-electron chi connectivity index (χ1n) is 7.52. The zero-order valence-electron chi connectivity index (χ0n) is 13.0. The third-order valence-electron chi connectivity index (χ3n) is 3.89. The quantitative estimate of drug-likeness (QED) is 0.661. The standard InChI is InChI=1S/C13H18N2OS.C2H5F.C2H2/c16-9-10-7-12(8-10)15-6-5-14(15)11-1-3-13(17)4-2-11;1-2-3;1-2/h1-4,10,12,16-17H,5-9H2;2H2,1H3;1-2H. The molecular formula is C17H25FN2OS. The molecule has 2 aliphatic rings. The fourth-order valence-corrected chi connectivity index (χ4v) is 2.84. The van der Waals surface area contributed by atoms with Gasteiger partial charge in [-0.05, 0) is 49.9 Å². The number of hydrazine groups is 1. The maximum atomic E-state index is 10.3. The molecule has 1 N–H and O–H groups in total. The number of aliphatic hydroxyl groups is 1. The number of halogens is 1. The Hall–Kier alpha value is -1.22. The molecule has 0 aromatic heterocycles. The van der Waals surface area contributed by atoms with Crippen molar-refractivity contribution in [3.63, 3.8) is 0 Å². The predicted molar refractivity (Wildman–Crippen MR) is 92.9 cm³/mol. The van der Waals surface area contributed by atoms with Crippen molar-refractivity contribution in [3.05, 3.63) is 24.3 Å². The van der Waals surface area contributed by atoms with Crippen molar-refractivity contribution in [2.75, 3.05) is 31.4 Å². The number of rotatable bonds is 3. The van der Waals surface area contributed by atoms with E-state index in [1.807, 2.05) is 12.1 Å². The third kappa shape index (κ3) is 4.64. The molecule has 122 valence electrons. The molecule has 22 heavy (non-hydrogen) atoms. The second-order valence-corrected chi connectivity index (χ2v) is 5.76. The predicted octanol–water partition coefficient (Wildman–Crippen LogP) is 3.01. The average molecular weight is 324 g/mol. The van der Waals surface area contributed by atoms with Crippen molar-refractivity contribution in [2.45, 2.75) is 30.7 Å². The monoisotopic (exact) mass is 324 g/mol. The molecule has 1 heterocycles. The second-order valence-electron chi connectivity index (χ2n) is 5.24. The van der Waals surface area contributed by atoms with Gasteiger partial charge in [-0.2, -0.15) is 0 Å². The van der Waals surface area contributed by atoms with Crippen molar-refractivity contribution in [1.29, 1.82) is 0 Å². The van der Waals surface area contributed by atoms with Crippen LogP contribution < -0.4 is 5.01 Å². The molecule has 1 aromatic carbocycles. The summed E-state index contributed by atoms with van der Waals surface area (Å²) >= 11 is 4.30. The van der Waals surface area contributed by atoms with E-state index in [1.165, 1.54) is 12.6 Å². The Kier molecular flexibility index (Phi) is 8.32. The van der Waals surface area contributed by atoms with Crippen molar-refractivity contribution >= 4 is 18.3 Å². The van der Waals surface area contributed by atoms with Crippen LogP contribution in [0.15, 0.2) is 29.2 Å². The van der Waals surface area contributed by atoms with Crippen LogP contribution in [0, 0.1) is 18.8 Å². The number of hydrogen-bond acceptors (Lipinski definition) is 4. The molecular weight excluding hydrogens is 299 g/mol. The minimum Gasteiger partial charge on any atom is -0.396 e. The second kappa shape index (κ2) is 9.73. The number of aliphatic hydroxyl groups excluding tert-OH is 1. The van der Waals surface area contributed by atoms with Crippen molar-refractivity contribution in [3.8, 4) is 12.8 Å². The van der Waals surface area contributed by atoms with Crippen LogP contribution in [0.4, 0.5) is 10.1 Å². The van der Waals surface area contributed by atoms with Crippen LogP contribution >= 0.6 is 12.6 Å². The maximum absolute atomic E-state index is 10.3. The van der Waals surface area contributed by atoms with Gasteiger partial charge in [0.2, 0.25) is 0 Å². The van der Waals surface area contributed by atoms with E-state index < -0.39 is 0 Å². The number of anilines is 1. The van der Waals surface area contributed by atoms with Crippen LogP contribution in [0.5, 0.6) is 0 Å². The van der Waals surface area contributed by atoms with E-state index in [2.05, 4.69) is 47.6 Å². The number of thiol groups is 1. The van der Waals surface area contributed by atoms with Crippen LogP contribution in [-0.2, 0) is 0 Å². The minimum absolute atomic E-state index is 0.250. The molecule has 1 aliphatic heterocycles. The van der Waals surface area contributed by atoms with Gasteiger partial charge in [0.1, 0.15) is 0 Å². The lowest BCUT2D eigenvalue weighted by atomic mass is 9.80. The van der Waals surface area contributed by atoms with E-state index in [0.717, 1.165) is 30.8 Å². The maximum Gasteiger partial charge on any atom is 0.0866 e. The van der Waals surface area contributed by atoms with Gasteiger partial charge in [-0.25, -0.2) is 5.01 Å². The molecule has 1 saturated carbocycles. The van der Waals surface area contributed by atoms with E-state index in [0.29, 0.717) is 18.6 Å². The highest BCUT2D eigenvalue weighted by Gasteiger charge is 2.39. The summed E-state index contributed by atoms with van der Waals surface area (Å²) in [5.41, 5.74) is 1.25. The summed E-state index contributed by atoms with van der Waals surface area (Å²) in [5, 5.41) is 13.8. The van der Waals surface area contributed by atoms with Gasteiger partial charge in [-0.1, -0.05) is 0 Å². The van der Waals surface area contributed by atoms with Gasteiger partial charge in [-0.15, -0.1) is 25.5 Å². The Morgan fingerprint density at radius 2 is 1.77 bits per heavy atom. The van der Waals surface area contributed by atoms with E-state index in [-0.39, 0.29) is 6.67 Å². The largest absolute Gasteiger partial charge is 0.396 e. The minimum atomic E-state index is -0.250. The Labute approximate surface area is 138 Å². The summed E-state index contributed by atoms with van der Waals surface area (Å²) in [6.45, 7) is 3.80. The van der Waals surface area contributed by atoms with Gasteiger partial charge < -0.3 is 10.1 Å². The topological polar surface area (TPSA) is 26.7 Å². The molecule has 0 spiro atoms. The lowest BCUT2D eigenvalue weighted by Gasteiger charge is -2.54. The van der Waals surface area contributed by atoms with E-state index in [1.54, 1.807) is 0 Å². The highest BCUT2D eigenvalue weighted by atomic mass is 32.1. The number of alkyl halides is 1. The van der Waals surface area contributed by atoms with Gasteiger partial charge in [0, 0.05) is 30.6 Å². The summed E-state index contributed by atoms with van der Waals surface area (Å²) in [6.07, 6.45) is 10.3. The molecule has 2 fully saturated rings. The van der Waals surface area contributed by atoms with Crippen LogP contribution in [0.2, 0.25) is 0 Å². The van der Waals surface area contributed by atoms with Gasteiger partial charge in [0.15, 0.2) is 0 Å². The first-order valence-corrected chi connectivity index (χ1v) is 7.97. The lowest BCUT2D eigenvalue weighted by molar-refractivity contribution is 0.00576. The van der Waals surface area contributed by atoms with Crippen molar-refractivity contribution in [2.24, 2.45) is 5.92 Å². The van der Waals surface area contributed by atoms with Gasteiger partial charge >= 0.3 is 0 Å². The molecule has 5 heteroatoms. The highest BCUT2D eigenvalue weighted by Crippen LogP contribution is 2.36. The zero-order valence-corrected chi connectivity index (χ0v) is 13.9. The molecule has 0 radical (unpaired) electrons. The Bertz CT molecular complexity index is 446. The van der Waals surface area contributed by atoms with Crippen LogP contribution in [0.3, 0.4) is 0 Å². The van der Waals surface area contributed by atoms with E-state index in [9.17, 15) is 4.39 Å². The average Bonchev–Trinajstić information content (AvgIpc) is 2.46. The lowest BCUT2D eigenvalue weighted by Crippen LogP contribution is -2.64. The Morgan fingerprint density at radius 3 is 2.18 bits per heavy atom. The molecule has 1 saturated heterocycles. The molecule has 1 aromatic rings. The summed E-state index contributed by atoms with van der Waals surface area (Å²) < 4.78 is 10.3. The van der Waals surface area contributed by atoms with Crippen LogP contribution in [0.25, 0.3) is 0 Å². The fourth-order valence-electron chi connectivity index (χ4n) is 2.69.